The van der Waals surface area contributed by atoms with Crippen LogP contribution in [-0.4, -0.2) is 58.1 Å². The molecule has 3 N–H and O–H groups in total. The second-order valence-corrected chi connectivity index (χ2v) is 8.49. The SMILES string of the molecule is COCC(O)CNC(=O)c1cc(NC(=O)c2cc(-c3ncccc3F)c(F)cc2Cl)n(-c2ccccc2)n1. The van der Waals surface area contributed by atoms with Gasteiger partial charge in [0.15, 0.2) is 5.69 Å². The van der Waals surface area contributed by atoms with E-state index in [9.17, 15) is 23.5 Å². The third-order valence-electron chi connectivity index (χ3n) is 5.36. The molecule has 2 amide bonds. The van der Waals surface area contributed by atoms with Gasteiger partial charge >= 0.3 is 0 Å². The molecule has 1 unspecified atom stereocenters. The summed E-state index contributed by atoms with van der Waals surface area (Å²) in [6.07, 6.45) is 0.379. The van der Waals surface area contributed by atoms with E-state index in [1.54, 1.807) is 30.3 Å². The molecular weight excluding hydrogens is 520 g/mol. The molecule has 0 aliphatic heterocycles. The first-order valence-corrected chi connectivity index (χ1v) is 11.7. The Kier molecular flexibility index (Phi) is 8.41. The van der Waals surface area contributed by atoms with E-state index in [4.69, 9.17) is 16.3 Å². The van der Waals surface area contributed by atoms with Crippen LogP contribution in [0.25, 0.3) is 16.9 Å². The van der Waals surface area contributed by atoms with Gasteiger partial charge in [0, 0.05) is 31.5 Å². The second kappa shape index (κ2) is 11.9. The monoisotopic (exact) mass is 541 g/mol. The number of methoxy groups -OCH3 is 1. The fraction of sp³-hybridized carbons (Fsp3) is 0.154. The molecule has 0 bridgehead atoms. The van der Waals surface area contributed by atoms with Crippen molar-refractivity contribution in [1.29, 1.82) is 0 Å². The quantitative estimate of drug-likeness (QED) is 0.296. The van der Waals surface area contributed by atoms with Gasteiger partial charge in [0.25, 0.3) is 11.8 Å². The Balaban J connectivity index is 1.66. The minimum absolute atomic E-state index is 0.0306. The number of benzene rings is 2. The number of aliphatic hydroxyl groups is 1. The molecule has 0 aliphatic carbocycles. The first-order chi connectivity index (χ1) is 18.3. The number of ether oxygens (including phenoxy) is 1. The van der Waals surface area contributed by atoms with Crippen molar-refractivity contribution in [3.05, 3.63) is 94.8 Å². The Labute approximate surface area is 221 Å². The summed E-state index contributed by atoms with van der Waals surface area (Å²) in [4.78, 5) is 29.8. The standard InChI is InChI=1S/C26H22ClF2N5O4/c1-38-14-16(35)13-31-26(37)22-12-23(34(33-22)15-6-3-2-4-7-15)32-25(36)17-10-18(21(29)11-19(17)27)24-20(28)8-5-9-30-24/h2-12,16,35H,13-14H2,1H3,(H,31,37)(H,32,36). The molecule has 0 aliphatic rings. The number of anilines is 1. The van der Waals surface area contributed by atoms with Gasteiger partial charge in [-0.25, -0.2) is 13.5 Å². The van der Waals surface area contributed by atoms with Crippen molar-refractivity contribution in [2.45, 2.75) is 6.10 Å². The molecule has 2 aromatic carbocycles. The summed E-state index contributed by atoms with van der Waals surface area (Å²) >= 11 is 6.16. The number of hydrogen-bond acceptors (Lipinski definition) is 6. The normalized spacial score (nSPS) is 11.7. The van der Waals surface area contributed by atoms with E-state index < -0.39 is 29.6 Å². The molecule has 1 atom stereocenters. The van der Waals surface area contributed by atoms with Crippen LogP contribution in [0.3, 0.4) is 0 Å². The maximum absolute atomic E-state index is 14.6. The number of halogens is 3. The summed E-state index contributed by atoms with van der Waals surface area (Å²) in [6.45, 7) is -0.0481. The minimum Gasteiger partial charge on any atom is -0.389 e. The van der Waals surface area contributed by atoms with Crippen LogP contribution in [0.4, 0.5) is 14.6 Å². The van der Waals surface area contributed by atoms with Crippen LogP contribution in [0.5, 0.6) is 0 Å². The molecule has 9 nitrogen and oxygen atoms in total. The molecule has 0 spiro atoms. The predicted molar refractivity (Wildman–Crippen MR) is 136 cm³/mol. The van der Waals surface area contributed by atoms with Crippen molar-refractivity contribution in [3.8, 4) is 16.9 Å². The third kappa shape index (κ3) is 6.02. The third-order valence-corrected chi connectivity index (χ3v) is 5.67. The van der Waals surface area contributed by atoms with Gasteiger partial charge in [-0.3, -0.25) is 14.6 Å². The van der Waals surface area contributed by atoms with Crippen molar-refractivity contribution in [2.24, 2.45) is 0 Å². The summed E-state index contributed by atoms with van der Waals surface area (Å²) in [6, 6.07) is 14.5. The summed E-state index contributed by atoms with van der Waals surface area (Å²) in [5.41, 5.74) is -0.191. The van der Waals surface area contributed by atoms with Gasteiger partial charge in [-0.2, -0.15) is 5.10 Å². The molecule has 12 heteroatoms. The van der Waals surface area contributed by atoms with Gasteiger partial charge in [-0.1, -0.05) is 29.8 Å². The Morgan fingerprint density at radius 1 is 1.08 bits per heavy atom. The molecule has 2 heterocycles. The molecule has 4 aromatic rings. The number of rotatable bonds is 9. The highest BCUT2D eigenvalue weighted by atomic mass is 35.5. The molecule has 196 valence electrons. The predicted octanol–water partition coefficient (Wildman–Crippen LogP) is 3.86. The lowest BCUT2D eigenvalue weighted by Crippen LogP contribution is -2.34. The number of pyridine rings is 1. The number of aromatic nitrogens is 3. The highest BCUT2D eigenvalue weighted by Gasteiger charge is 2.22. The molecule has 4 rings (SSSR count). The average Bonchev–Trinajstić information content (AvgIpc) is 3.32. The number of carbonyl (C=O) groups is 2. The zero-order valence-corrected chi connectivity index (χ0v) is 20.7. The first-order valence-electron chi connectivity index (χ1n) is 11.3. The molecule has 0 fully saturated rings. The van der Waals surface area contributed by atoms with Crippen molar-refractivity contribution in [3.63, 3.8) is 0 Å². The number of aliphatic hydroxyl groups excluding tert-OH is 1. The van der Waals surface area contributed by atoms with Crippen LogP contribution < -0.4 is 10.6 Å². The Morgan fingerprint density at radius 3 is 2.55 bits per heavy atom. The van der Waals surface area contributed by atoms with E-state index in [0.717, 1.165) is 18.2 Å². The minimum atomic E-state index is -0.918. The van der Waals surface area contributed by atoms with Crippen LogP contribution in [-0.2, 0) is 4.74 Å². The number of nitrogens with zero attached hydrogens (tertiary/aromatic N) is 3. The van der Waals surface area contributed by atoms with Crippen molar-refractivity contribution in [1.82, 2.24) is 20.1 Å². The van der Waals surface area contributed by atoms with Crippen LogP contribution in [0.15, 0.2) is 66.9 Å². The number of amides is 2. The molecule has 2 aromatic heterocycles. The maximum atomic E-state index is 14.6. The summed E-state index contributed by atoms with van der Waals surface area (Å²) in [5.74, 6) is -2.87. The van der Waals surface area contributed by atoms with Crippen LogP contribution >= 0.6 is 11.6 Å². The number of para-hydroxylation sites is 1. The fourth-order valence-electron chi connectivity index (χ4n) is 3.57. The Bertz CT molecular complexity index is 1470. The molecule has 0 saturated heterocycles. The summed E-state index contributed by atoms with van der Waals surface area (Å²) in [5, 5.41) is 19.1. The lowest BCUT2D eigenvalue weighted by molar-refractivity contribution is 0.0608. The fourth-order valence-corrected chi connectivity index (χ4v) is 3.81. The Morgan fingerprint density at radius 2 is 1.84 bits per heavy atom. The summed E-state index contributed by atoms with van der Waals surface area (Å²) < 4.78 is 35.1. The molecule has 0 radical (unpaired) electrons. The van der Waals surface area contributed by atoms with E-state index >= 15 is 0 Å². The molecule has 0 saturated carbocycles. The van der Waals surface area contributed by atoms with Gasteiger partial charge in [0.2, 0.25) is 0 Å². The lowest BCUT2D eigenvalue weighted by atomic mass is 10.1. The van der Waals surface area contributed by atoms with Crippen LogP contribution in [0, 0.1) is 11.6 Å². The van der Waals surface area contributed by atoms with E-state index in [0.29, 0.717) is 5.69 Å². The number of hydrogen-bond donors (Lipinski definition) is 3. The second-order valence-electron chi connectivity index (χ2n) is 8.08. The van der Waals surface area contributed by atoms with Gasteiger partial charge < -0.3 is 20.5 Å². The highest BCUT2D eigenvalue weighted by Crippen LogP contribution is 2.30. The van der Waals surface area contributed by atoms with Crippen LogP contribution in [0.1, 0.15) is 20.8 Å². The number of carbonyl (C=O) groups excluding carboxylic acids is 2. The van der Waals surface area contributed by atoms with Crippen molar-refractivity contribution >= 4 is 29.2 Å². The molecule has 38 heavy (non-hydrogen) atoms. The smallest absolute Gasteiger partial charge is 0.271 e. The average molecular weight is 542 g/mol. The largest absolute Gasteiger partial charge is 0.389 e. The van der Waals surface area contributed by atoms with E-state index in [1.165, 1.54) is 30.1 Å². The highest BCUT2D eigenvalue weighted by molar-refractivity contribution is 6.34. The number of nitrogens with one attached hydrogen (secondary N) is 2. The van der Waals surface area contributed by atoms with Gasteiger partial charge in [0.05, 0.1) is 29.0 Å². The Hall–Kier alpha value is -4.19. The van der Waals surface area contributed by atoms with Crippen LogP contribution in [0.2, 0.25) is 5.02 Å². The zero-order valence-electron chi connectivity index (χ0n) is 20.0. The van der Waals surface area contributed by atoms with E-state index in [-0.39, 0.29) is 46.5 Å². The van der Waals surface area contributed by atoms with Gasteiger partial charge in [-0.15, -0.1) is 0 Å². The van der Waals surface area contributed by atoms with Gasteiger partial charge in [-0.05, 0) is 36.4 Å². The zero-order chi connectivity index (χ0) is 27.2. The van der Waals surface area contributed by atoms with Crippen molar-refractivity contribution < 1.29 is 28.2 Å². The lowest BCUT2D eigenvalue weighted by Gasteiger charge is -2.12. The van der Waals surface area contributed by atoms with Gasteiger partial charge in [0.1, 0.15) is 23.1 Å². The van der Waals surface area contributed by atoms with E-state index in [1.807, 2.05) is 0 Å². The van der Waals surface area contributed by atoms with Crippen molar-refractivity contribution in [2.75, 3.05) is 25.6 Å². The first kappa shape index (κ1) is 26.9. The summed E-state index contributed by atoms with van der Waals surface area (Å²) in [7, 11) is 1.42. The molecular formula is C26H22ClF2N5O4. The van der Waals surface area contributed by atoms with E-state index in [2.05, 4.69) is 20.7 Å². The maximum Gasteiger partial charge on any atom is 0.271 e. The topological polar surface area (TPSA) is 118 Å².